The Morgan fingerprint density at radius 1 is 1.00 bits per heavy atom. The van der Waals surface area contributed by atoms with Gasteiger partial charge in [0.2, 0.25) is 0 Å². The molecule has 0 rings (SSSR count). The van der Waals surface area contributed by atoms with Crippen molar-refractivity contribution in [3.8, 4) is 0 Å². The molecule has 0 aliphatic rings. The molecular formula is C12H25. The molecule has 0 heteroatoms. The first-order chi connectivity index (χ1) is 5.57. The Balaban J connectivity index is 3.37. The zero-order valence-corrected chi connectivity index (χ0v) is 9.27. The first-order valence-corrected chi connectivity index (χ1v) is 5.41. The molecule has 0 amide bonds. The van der Waals surface area contributed by atoms with Crippen molar-refractivity contribution in [2.75, 3.05) is 0 Å². The first-order valence-electron chi connectivity index (χ1n) is 5.41. The highest BCUT2D eigenvalue weighted by Gasteiger charge is 2.09. The maximum Gasteiger partial charge on any atom is -0.0417 e. The Hall–Kier alpha value is 0. The van der Waals surface area contributed by atoms with Gasteiger partial charge in [0.1, 0.15) is 0 Å². The summed E-state index contributed by atoms with van der Waals surface area (Å²) in [5.74, 6) is 2.42. The van der Waals surface area contributed by atoms with Gasteiger partial charge in [0, 0.05) is 0 Å². The summed E-state index contributed by atoms with van der Waals surface area (Å²) in [5, 5.41) is 0. The SMILES string of the molecule is [CH2]C(C)CCCC(C)C(C)CC. The fourth-order valence-corrected chi connectivity index (χ4v) is 1.48. The van der Waals surface area contributed by atoms with Crippen LogP contribution in [0.3, 0.4) is 0 Å². The van der Waals surface area contributed by atoms with Gasteiger partial charge in [-0.25, -0.2) is 0 Å². The minimum atomic E-state index is 0.633. The van der Waals surface area contributed by atoms with Gasteiger partial charge >= 0.3 is 0 Å². The number of hydrogen-bond acceptors (Lipinski definition) is 0. The van der Waals surface area contributed by atoms with Crippen LogP contribution in [0.25, 0.3) is 0 Å². The molecule has 0 aromatic heterocycles. The highest BCUT2D eigenvalue weighted by Crippen LogP contribution is 2.21. The lowest BCUT2D eigenvalue weighted by Crippen LogP contribution is -2.06. The van der Waals surface area contributed by atoms with Crippen LogP contribution >= 0.6 is 0 Å². The van der Waals surface area contributed by atoms with E-state index in [1.165, 1.54) is 25.7 Å². The maximum atomic E-state index is 4.00. The average molecular weight is 169 g/mol. The topological polar surface area (TPSA) is 0 Å². The molecule has 0 aliphatic carbocycles. The van der Waals surface area contributed by atoms with E-state index in [1.807, 2.05) is 0 Å². The van der Waals surface area contributed by atoms with Crippen molar-refractivity contribution >= 4 is 0 Å². The minimum Gasteiger partial charge on any atom is -0.0651 e. The van der Waals surface area contributed by atoms with Gasteiger partial charge in [-0.15, -0.1) is 0 Å². The zero-order chi connectivity index (χ0) is 9.56. The number of rotatable bonds is 6. The largest absolute Gasteiger partial charge is 0.0651 e. The van der Waals surface area contributed by atoms with Gasteiger partial charge in [-0.1, -0.05) is 60.3 Å². The molecular weight excluding hydrogens is 144 g/mol. The highest BCUT2D eigenvalue weighted by atomic mass is 14.1. The third-order valence-electron chi connectivity index (χ3n) is 2.97. The Morgan fingerprint density at radius 2 is 1.58 bits per heavy atom. The summed E-state index contributed by atoms with van der Waals surface area (Å²) in [6.07, 6.45) is 5.35. The van der Waals surface area contributed by atoms with Gasteiger partial charge in [0.05, 0.1) is 0 Å². The van der Waals surface area contributed by atoms with Crippen LogP contribution in [-0.4, -0.2) is 0 Å². The molecule has 3 unspecified atom stereocenters. The van der Waals surface area contributed by atoms with E-state index in [0.717, 1.165) is 11.8 Å². The first kappa shape index (κ1) is 12.0. The lowest BCUT2D eigenvalue weighted by Gasteiger charge is -2.18. The van der Waals surface area contributed by atoms with Crippen molar-refractivity contribution in [3.63, 3.8) is 0 Å². The van der Waals surface area contributed by atoms with E-state index < -0.39 is 0 Å². The molecule has 0 saturated heterocycles. The minimum absolute atomic E-state index is 0.633. The van der Waals surface area contributed by atoms with Crippen LogP contribution in [-0.2, 0) is 0 Å². The van der Waals surface area contributed by atoms with Crippen LogP contribution < -0.4 is 0 Å². The molecule has 0 spiro atoms. The molecule has 0 heterocycles. The van der Waals surface area contributed by atoms with Gasteiger partial charge < -0.3 is 0 Å². The lowest BCUT2D eigenvalue weighted by atomic mass is 9.88. The highest BCUT2D eigenvalue weighted by molar-refractivity contribution is 4.62. The van der Waals surface area contributed by atoms with E-state index in [2.05, 4.69) is 34.6 Å². The Labute approximate surface area is 78.8 Å². The molecule has 0 aromatic carbocycles. The summed E-state index contributed by atoms with van der Waals surface area (Å²) in [4.78, 5) is 0. The molecule has 1 radical (unpaired) electrons. The van der Waals surface area contributed by atoms with Crippen molar-refractivity contribution in [1.82, 2.24) is 0 Å². The normalized spacial score (nSPS) is 16.5. The molecule has 3 atom stereocenters. The van der Waals surface area contributed by atoms with E-state index >= 15 is 0 Å². The van der Waals surface area contributed by atoms with Crippen molar-refractivity contribution in [3.05, 3.63) is 6.92 Å². The maximum absolute atomic E-state index is 4.00. The smallest absolute Gasteiger partial charge is 0.0417 e. The van der Waals surface area contributed by atoms with Crippen LogP contribution in [0.2, 0.25) is 0 Å². The predicted molar refractivity (Wildman–Crippen MR) is 57.0 cm³/mol. The van der Waals surface area contributed by atoms with Crippen LogP contribution in [0.1, 0.15) is 53.4 Å². The quantitative estimate of drug-likeness (QED) is 0.556. The standard InChI is InChI=1S/C12H25/c1-6-11(4)12(5)9-7-8-10(2)3/h10-12H,2,6-9H2,1,3-5H3. The average Bonchev–Trinajstić information content (AvgIpc) is 2.02. The van der Waals surface area contributed by atoms with E-state index in [-0.39, 0.29) is 0 Å². The van der Waals surface area contributed by atoms with E-state index in [0.29, 0.717) is 5.92 Å². The molecule has 73 valence electrons. The van der Waals surface area contributed by atoms with E-state index in [9.17, 15) is 0 Å². The molecule has 0 N–H and O–H groups in total. The molecule has 12 heavy (non-hydrogen) atoms. The Morgan fingerprint density at radius 3 is 2.00 bits per heavy atom. The van der Waals surface area contributed by atoms with Crippen LogP contribution in [0, 0.1) is 24.7 Å². The molecule has 0 nitrogen and oxygen atoms in total. The van der Waals surface area contributed by atoms with Crippen LogP contribution in [0.4, 0.5) is 0 Å². The zero-order valence-electron chi connectivity index (χ0n) is 9.27. The fourth-order valence-electron chi connectivity index (χ4n) is 1.48. The van der Waals surface area contributed by atoms with Crippen molar-refractivity contribution in [2.24, 2.45) is 17.8 Å². The summed E-state index contributed by atoms with van der Waals surface area (Å²) in [5.41, 5.74) is 0. The molecule has 0 aromatic rings. The van der Waals surface area contributed by atoms with Gasteiger partial charge in [0.15, 0.2) is 0 Å². The van der Waals surface area contributed by atoms with Gasteiger partial charge in [-0.05, 0) is 17.8 Å². The van der Waals surface area contributed by atoms with Crippen LogP contribution in [0.5, 0.6) is 0 Å². The number of hydrogen-bond donors (Lipinski definition) is 0. The summed E-state index contributed by atoms with van der Waals surface area (Å²) < 4.78 is 0. The second-order valence-electron chi connectivity index (χ2n) is 4.40. The van der Waals surface area contributed by atoms with Crippen LogP contribution in [0.15, 0.2) is 0 Å². The lowest BCUT2D eigenvalue weighted by molar-refractivity contribution is 0.339. The summed E-state index contributed by atoms with van der Waals surface area (Å²) in [7, 11) is 0. The molecule has 0 aliphatic heterocycles. The second kappa shape index (κ2) is 6.51. The fraction of sp³-hybridized carbons (Fsp3) is 0.917. The Bertz CT molecular complexity index is 94.2. The molecule has 0 saturated carbocycles. The van der Waals surface area contributed by atoms with Gasteiger partial charge in [0.25, 0.3) is 0 Å². The molecule has 0 fully saturated rings. The van der Waals surface area contributed by atoms with Crippen molar-refractivity contribution in [1.29, 1.82) is 0 Å². The predicted octanol–water partition coefficient (Wildman–Crippen LogP) is 4.31. The Kier molecular flexibility index (Phi) is 6.51. The summed E-state index contributed by atoms with van der Waals surface area (Å²) >= 11 is 0. The third-order valence-corrected chi connectivity index (χ3v) is 2.97. The summed E-state index contributed by atoms with van der Waals surface area (Å²) in [6.45, 7) is 13.2. The van der Waals surface area contributed by atoms with Crippen molar-refractivity contribution < 1.29 is 0 Å². The molecule has 0 bridgehead atoms. The van der Waals surface area contributed by atoms with Crippen molar-refractivity contribution in [2.45, 2.75) is 53.4 Å². The van der Waals surface area contributed by atoms with Gasteiger partial charge in [-0.3, -0.25) is 0 Å². The van der Waals surface area contributed by atoms with E-state index in [1.54, 1.807) is 0 Å². The summed E-state index contributed by atoms with van der Waals surface area (Å²) in [6, 6.07) is 0. The second-order valence-corrected chi connectivity index (χ2v) is 4.40. The van der Waals surface area contributed by atoms with E-state index in [4.69, 9.17) is 0 Å². The monoisotopic (exact) mass is 169 g/mol. The van der Waals surface area contributed by atoms with Gasteiger partial charge in [-0.2, -0.15) is 0 Å². The third kappa shape index (κ3) is 5.62.